The van der Waals surface area contributed by atoms with Crippen LogP contribution in [0.3, 0.4) is 0 Å². The summed E-state index contributed by atoms with van der Waals surface area (Å²) in [5.74, 6) is -0.205. The zero-order valence-electron chi connectivity index (χ0n) is 17.7. The monoisotopic (exact) mass is 448 g/mol. The van der Waals surface area contributed by atoms with E-state index in [9.17, 15) is 14.4 Å². The highest BCUT2D eigenvalue weighted by atomic mass is 32.1. The topological polar surface area (TPSA) is 75.7 Å². The Balaban J connectivity index is 1.43. The summed E-state index contributed by atoms with van der Waals surface area (Å²) in [4.78, 5) is 40.0. The van der Waals surface area contributed by atoms with Crippen LogP contribution in [-0.4, -0.2) is 36.8 Å². The molecule has 1 aliphatic heterocycles. The van der Waals surface area contributed by atoms with Gasteiger partial charge in [-0.25, -0.2) is 0 Å². The van der Waals surface area contributed by atoms with Gasteiger partial charge in [0.1, 0.15) is 12.3 Å². The van der Waals surface area contributed by atoms with E-state index < -0.39 is 0 Å². The Hall–Kier alpha value is -3.45. The summed E-state index contributed by atoms with van der Waals surface area (Å²) in [7, 11) is 0. The summed E-state index contributed by atoms with van der Waals surface area (Å²) in [6.45, 7) is 1.69. The number of rotatable bonds is 8. The fourth-order valence-electron chi connectivity index (χ4n) is 3.63. The molecule has 7 heteroatoms. The van der Waals surface area contributed by atoms with Crippen molar-refractivity contribution in [2.75, 3.05) is 18.1 Å². The first-order valence-electron chi connectivity index (χ1n) is 10.5. The van der Waals surface area contributed by atoms with Crippen LogP contribution in [0.15, 0.2) is 66.0 Å². The Kier molecular flexibility index (Phi) is 6.66. The van der Waals surface area contributed by atoms with Crippen molar-refractivity contribution in [3.8, 4) is 5.75 Å². The normalized spacial score (nSPS) is 13.8. The van der Waals surface area contributed by atoms with Crippen LogP contribution < -0.4 is 15.0 Å². The standard InChI is InChI=1S/C25H24N2O4S/c1-17(9-10-18-6-3-2-4-7-18)26-23(28)15-27-20-14-19(25(30)22-8-5-13-32-22)11-12-21(20)31-16-24(27)29/h2-8,11-14,17H,9-10,15-16H2,1H3,(H,26,28)/t17-/m1/s1. The van der Waals surface area contributed by atoms with E-state index in [1.54, 1.807) is 24.3 Å². The van der Waals surface area contributed by atoms with Gasteiger partial charge in [0.2, 0.25) is 11.7 Å². The van der Waals surface area contributed by atoms with E-state index in [2.05, 4.69) is 17.4 Å². The number of thiophene rings is 1. The molecular formula is C25H24N2O4S. The second kappa shape index (κ2) is 9.78. The largest absolute Gasteiger partial charge is 0.482 e. The Bertz CT molecular complexity index is 1110. The number of ketones is 1. The number of nitrogens with one attached hydrogen (secondary N) is 1. The quantitative estimate of drug-likeness (QED) is 0.531. The minimum Gasteiger partial charge on any atom is -0.482 e. The molecule has 3 aromatic rings. The molecule has 0 radical (unpaired) electrons. The van der Waals surface area contributed by atoms with E-state index in [1.165, 1.54) is 21.8 Å². The number of hydrogen-bond donors (Lipinski definition) is 1. The third-order valence-electron chi connectivity index (χ3n) is 5.33. The fourth-order valence-corrected chi connectivity index (χ4v) is 4.32. The third kappa shape index (κ3) is 5.06. The van der Waals surface area contributed by atoms with Crippen LogP contribution >= 0.6 is 11.3 Å². The number of anilines is 1. The highest BCUT2D eigenvalue weighted by Crippen LogP contribution is 2.33. The van der Waals surface area contributed by atoms with Crippen molar-refractivity contribution in [3.05, 3.63) is 82.0 Å². The van der Waals surface area contributed by atoms with E-state index in [1.807, 2.05) is 36.6 Å². The van der Waals surface area contributed by atoms with Gasteiger partial charge in [-0.1, -0.05) is 36.4 Å². The molecule has 0 spiro atoms. The second-order valence-corrected chi connectivity index (χ2v) is 8.70. The van der Waals surface area contributed by atoms with E-state index in [0.717, 1.165) is 12.8 Å². The number of aryl methyl sites for hydroxylation is 1. The van der Waals surface area contributed by atoms with Gasteiger partial charge in [-0.2, -0.15) is 0 Å². The van der Waals surface area contributed by atoms with Crippen molar-refractivity contribution in [2.24, 2.45) is 0 Å². The molecule has 4 rings (SSSR count). The summed E-state index contributed by atoms with van der Waals surface area (Å²) in [5.41, 5.74) is 2.11. The molecule has 2 heterocycles. The van der Waals surface area contributed by atoms with Crippen LogP contribution in [-0.2, 0) is 16.0 Å². The maximum absolute atomic E-state index is 12.7. The van der Waals surface area contributed by atoms with Crippen LogP contribution in [0.25, 0.3) is 0 Å². The molecule has 0 aliphatic carbocycles. The first kappa shape index (κ1) is 21.8. The van der Waals surface area contributed by atoms with Gasteiger partial charge in [0.05, 0.1) is 10.6 Å². The number of ether oxygens (including phenoxy) is 1. The van der Waals surface area contributed by atoms with Crippen molar-refractivity contribution >= 4 is 34.6 Å². The molecule has 32 heavy (non-hydrogen) atoms. The minimum atomic E-state index is -0.315. The summed E-state index contributed by atoms with van der Waals surface area (Å²) in [6.07, 6.45) is 1.65. The maximum Gasteiger partial charge on any atom is 0.265 e. The first-order valence-corrected chi connectivity index (χ1v) is 11.4. The van der Waals surface area contributed by atoms with Crippen LogP contribution in [0.2, 0.25) is 0 Å². The molecule has 0 saturated carbocycles. The zero-order valence-corrected chi connectivity index (χ0v) is 18.6. The van der Waals surface area contributed by atoms with E-state index >= 15 is 0 Å². The number of amides is 2. The molecule has 0 bridgehead atoms. The van der Waals surface area contributed by atoms with E-state index in [-0.39, 0.29) is 36.8 Å². The first-order chi connectivity index (χ1) is 15.5. The van der Waals surface area contributed by atoms with Gasteiger partial charge >= 0.3 is 0 Å². The number of benzene rings is 2. The Morgan fingerprint density at radius 1 is 1.12 bits per heavy atom. The molecule has 0 fully saturated rings. The molecule has 164 valence electrons. The molecule has 2 amide bonds. The van der Waals surface area contributed by atoms with Gasteiger partial charge < -0.3 is 10.1 Å². The van der Waals surface area contributed by atoms with Crippen LogP contribution in [0, 0.1) is 0 Å². The van der Waals surface area contributed by atoms with Crippen molar-refractivity contribution in [1.82, 2.24) is 5.32 Å². The molecule has 1 atom stereocenters. The van der Waals surface area contributed by atoms with Gasteiger partial charge in [0.25, 0.3) is 5.91 Å². The summed E-state index contributed by atoms with van der Waals surface area (Å²) in [6, 6.07) is 18.6. The lowest BCUT2D eigenvalue weighted by molar-refractivity contribution is -0.125. The van der Waals surface area contributed by atoms with E-state index in [4.69, 9.17) is 4.74 Å². The SMILES string of the molecule is C[C@H](CCc1ccccc1)NC(=O)CN1C(=O)COc2ccc(C(=O)c3cccs3)cc21. The van der Waals surface area contributed by atoms with Gasteiger partial charge in [-0.05, 0) is 55.0 Å². The van der Waals surface area contributed by atoms with Crippen molar-refractivity contribution < 1.29 is 19.1 Å². The number of nitrogens with zero attached hydrogens (tertiary/aromatic N) is 1. The number of fused-ring (bicyclic) bond motifs is 1. The predicted octanol–water partition coefficient (Wildman–Crippen LogP) is 3.84. The minimum absolute atomic E-state index is 0.0370. The highest BCUT2D eigenvalue weighted by Gasteiger charge is 2.29. The number of carbonyl (C=O) groups is 3. The van der Waals surface area contributed by atoms with Crippen molar-refractivity contribution in [1.29, 1.82) is 0 Å². The lowest BCUT2D eigenvalue weighted by Gasteiger charge is -2.29. The molecule has 1 aromatic heterocycles. The van der Waals surface area contributed by atoms with Gasteiger partial charge in [0, 0.05) is 11.6 Å². The lowest BCUT2D eigenvalue weighted by atomic mass is 10.1. The van der Waals surface area contributed by atoms with Crippen LogP contribution in [0.4, 0.5) is 5.69 Å². The summed E-state index contributed by atoms with van der Waals surface area (Å²) >= 11 is 1.36. The summed E-state index contributed by atoms with van der Waals surface area (Å²) < 4.78 is 5.51. The maximum atomic E-state index is 12.7. The van der Waals surface area contributed by atoms with Crippen molar-refractivity contribution in [2.45, 2.75) is 25.8 Å². The molecular weight excluding hydrogens is 424 g/mol. The average molecular weight is 449 g/mol. The van der Waals surface area contributed by atoms with Gasteiger partial charge in [0.15, 0.2) is 6.61 Å². The van der Waals surface area contributed by atoms with Crippen LogP contribution in [0.1, 0.15) is 34.1 Å². The zero-order chi connectivity index (χ0) is 22.5. The Morgan fingerprint density at radius 2 is 1.94 bits per heavy atom. The van der Waals surface area contributed by atoms with Crippen molar-refractivity contribution in [3.63, 3.8) is 0 Å². The summed E-state index contributed by atoms with van der Waals surface area (Å²) in [5, 5.41) is 4.81. The van der Waals surface area contributed by atoms with Gasteiger partial charge in [-0.15, -0.1) is 11.3 Å². The molecule has 2 aromatic carbocycles. The predicted molar refractivity (Wildman–Crippen MR) is 124 cm³/mol. The molecule has 0 saturated heterocycles. The third-order valence-corrected chi connectivity index (χ3v) is 6.20. The number of carbonyl (C=O) groups excluding carboxylic acids is 3. The number of hydrogen-bond acceptors (Lipinski definition) is 5. The second-order valence-electron chi connectivity index (χ2n) is 7.75. The molecule has 1 N–H and O–H groups in total. The average Bonchev–Trinajstić information content (AvgIpc) is 3.34. The fraction of sp³-hybridized carbons (Fsp3) is 0.240. The molecule has 1 aliphatic rings. The van der Waals surface area contributed by atoms with E-state index in [0.29, 0.717) is 21.9 Å². The van der Waals surface area contributed by atoms with Crippen LogP contribution in [0.5, 0.6) is 5.75 Å². The molecule has 6 nitrogen and oxygen atoms in total. The van der Waals surface area contributed by atoms with Gasteiger partial charge in [-0.3, -0.25) is 19.3 Å². The molecule has 0 unspecified atom stereocenters. The smallest absolute Gasteiger partial charge is 0.265 e. The Labute approximate surface area is 190 Å². The lowest BCUT2D eigenvalue weighted by Crippen LogP contribution is -2.47. The highest BCUT2D eigenvalue weighted by molar-refractivity contribution is 7.12. The Morgan fingerprint density at radius 3 is 2.69 bits per heavy atom.